The summed E-state index contributed by atoms with van der Waals surface area (Å²) >= 11 is 0. The number of nitrogens with one attached hydrogen (secondary N) is 1. The number of likely N-dealkylation sites (tertiary alicyclic amines) is 1. The summed E-state index contributed by atoms with van der Waals surface area (Å²) in [7, 11) is 0. The number of ether oxygens (including phenoxy) is 1. The molecule has 1 saturated heterocycles. The Hall–Kier alpha value is -1.72. The molecule has 1 aliphatic rings. The molecule has 6 heteroatoms. The van der Waals surface area contributed by atoms with Crippen molar-refractivity contribution in [3.05, 3.63) is 12.4 Å². The smallest absolute Gasteiger partial charge is 0.409 e. The zero-order valence-corrected chi connectivity index (χ0v) is 12.5. The summed E-state index contributed by atoms with van der Waals surface area (Å²) in [5.41, 5.74) is 1.05. The van der Waals surface area contributed by atoms with Crippen molar-refractivity contribution in [3.8, 4) is 0 Å². The van der Waals surface area contributed by atoms with E-state index in [0.29, 0.717) is 18.7 Å². The van der Waals surface area contributed by atoms with E-state index in [1.54, 1.807) is 4.90 Å². The van der Waals surface area contributed by atoms with Crippen molar-refractivity contribution in [3.63, 3.8) is 0 Å². The Bertz CT molecular complexity index is 436. The van der Waals surface area contributed by atoms with Crippen LogP contribution in [0.5, 0.6) is 0 Å². The molecule has 1 aliphatic heterocycles. The van der Waals surface area contributed by atoms with E-state index in [4.69, 9.17) is 4.74 Å². The van der Waals surface area contributed by atoms with Crippen LogP contribution in [-0.2, 0) is 4.74 Å². The number of hydrogen-bond donors (Lipinski definition) is 1. The summed E-state index contributed by atoms with van der Waals surface area (Å²) < 4.78 is 6.96. The van der Waals surface area contributed by atoms with Gasteiger partial charge in [0.2, 0.25) is 0 Å². The molecule has 1 aromatic rings. The second-order valence-corrected chi connectivity index (χ2v) is 5.41. The minimum atomic E-state index is -0.196. The molecule has 1 fully saturated rings. The average molecular weight is 280 g/mol. The molecule has 1 N–H and O–H groups in total. The van der Waals surface area contributed by atoms with Crippen LogP contribution >= 0.6 is 0 Å². The minimum Gasteiger partial charge on any atom is -0.450 e. The van der Waals surface area contributed by atoms with Crippen LogP contribution in [0, 0.1) is 0 Å². The molecule has 0 bridgehead atoms. The van der Waals surface area contributed by atoms with Crippen LogP contribution in [0.1, 0.15) is 39.7 Å². The summed E-state index contributed by atoms with van der Waals surface area (Å²) in [4.78, 5) is 13.4. The number of piperidine rings is 1. The molecular formula is C14H24N4O2. The molecule has 0 radical (unpaired) electrons. The van der Waals surface area contributed by atoms with Crippen LogP contribution in [0.2, 0.25) is 0 Å². The van der Waals surface area contributed by atoms with Crippen molar-refractivity contribution >= 4 is 11.8 Å². The van der Waals surface area contributed by atoms with Gasteiger partial charge in [-0.25, -0.2) is 4.79 Å². The minimum absolute atomic E-state index is 0.196. The molecule has 112 valence electrons. The predicted octanol–water partition coefficient (Wildman–Crippen LogP) is 2.50. The van der Waals surface area contributed by atoms with Gasteiger partial charge in [0.25, 0.3) is 0 Å². The Kier molecular flexibility index (Phi) is 4.87. The SMILES string of the molecule is CCOC(=O)N1CCC(Nc2cnn(C(C)C)c2)CC1. The molecule has 1 aromatic heterocycles. The van der Waals surface area contributed by atoms with Gasteiger partial charge >= 0.3 is 6.09 Å². The molecule has 0 saturated carbocycles. The van der Waals surface area contributed by atoms with Crippen LogP contribution in [0.15, 0.2) is 12.4 Å². The van der Waals surface area contributed by atoms with Crippen molar-refractivity contribution < 1.29 is 9.53 Å². The predicted molar refractivity (Wildman–Crippen MR) is 77.9 cm³/mol. The Morgan fingerprint density at radius 2 is 2.20 bits per heavy atom. The zero-order valence-electron chi connectivity index (χ0n) is 12.5. The van der Waals surface area contributed by atoms with Crippen LogP contribution in [0.4, 0.5) is 10.5 Å². The average Bonchev–Trinajstić information content (AvgIpc) is 2.88. The Balaban J connectivity index is 1.80. The van der Waals surface area contributed by atoms with E-state index in [-0.39, 0.29) is 6.09 Å². The van der Waals surface area contributed by atoms with Gasteiger partial charge in [-0.2, -0.15) is 5.10 Å². The number of hydrogen-bond acceptors (Lipinski definition) is 4. The number of carbonyl (C=O) groups is 1. The summed E-state index contributed by atoms with van der Waals surface area (Å²) in [6.45, 7) is 7.97. The van der Waals surface area contributed by atoms with E-state index in [0.717, 1.165) is 31.6 Å². The van der Waals surface area contributed by atoms with Gasteiger partial charge in [0.05, 0.1) is 18.5 Å². The topological polar surface area (TPSA) is 59.4 Å². The van der Waals surface area contributed by atoms with Crippen LogP contribution in [0.3, 0.4) is 0 Å². The largest absolute Gasteiger partial charge is 0.450 e. The summed E-state index contributed by atoms with van der Waals surface area (Å²) in [6.07, 6.45) is 5.57. The van der Waals surface area contributed by atoms with Crippen molar-refractivity contribution in [2.24, 2.45) is 0 Å². The van der Waals surface area contributed by atoms with Gasteiger partial charge in [0.1, 0.15) is 0 Å². The highest BCUT2D eigenvalue weighted by molar-refractivity contribution is 5.67. The lowest BCUT2D eigenvalue weighted by atomic mass is 10.1. The van der Waals surface area contributed by atoms with Crippen LogP contribution in [0.25, 0.3) is 0 Å². The number of amides is 1. The Morgan fingerprint density at radius 1 is 1.50 bits per heavy atom. The zero-order chi connectivity index (χ0) is 14.5. The second-order valence-electron chi connectivity index (χ2n) is 5.41. The van der Waals surface area contributed by atoms with Crippen molar-refractivity contribution in [1.82, 2.24) is 14.7 Å². The fraction of sp³-hybridized carbons (Fsp3) is 0.714. The molecule has 20 heavy (non-hydrogen) atoms. The highest BCUT2D eigenvalue weighted by atomic mass is 16.6. The number of aromatic nitrogens is 2. The third kappa shape index (κ3) is 3.65. The fourth-order valence-corrected chi connectivity index (χ4v) is 2.35. The van der Waals surface area contributed by atoms with Gasteiger partial charge in [-0.1, -0.05) is 0 Å². The van der Waals surface area contributed by atoms with E-state index >= 15 is 0 Å². The molecule has 1 amide bonds. The molecule has 0 aliphatic carbocycles. The maximum absolute atomic E-state index is 11.6. The quantitative estimate of drug-likeness (QED) is 0.920. The lowest BCUT2D eigenvalue weighted by Gasteiger charge is -2.31. The Morgan fingerprint density at radius 3 is 2.75 bits per heavy atom. The first-order valence-corrected chi connectivity index (χ1v) is 7.32. The standard InChI is InChI=1S/C14H24N4O2/c1-4-20-14(19)17-7-5-12(6-8-17)16-13-9-15-18(10-13)11(2)3/h9-12,16H,4-8H2,1-3H3. The van der Waals surface area contributed by atoms with Gasteiger partial charge in [0, 0.05) is 31.4 Å². The number of anilines is 1. The summed E-state index contributed by atoms with van der Waals surface area (Å²) in [6, 6.07) is 0.765. The third-order valence-electron chi connectivity index (χ3n) is 3.52. The maximum Gasteiger partial charge on any atom is 0.409 e. The van der Waals surface area contributed by atoms with E-state index < -0.39 is 0 Å². The fourth-order valence-electron chi connectivity index (χ4n) is 2.35. The van der Waals surface area contributed by atoms with Crippen molar-refractivity contribution in [2.45, 2.75) is 45.7 Å². The highest BCUT2D eigenvalue weighted by Gasteiger charge is 2.23. The molecule has 0 aromatic carbocycles. The van der Waals surface area contributed by atoms with Crippen LogP contribution < -0.4 is 5.32 Å². The van der Waals surface area contributed by atoms with E-state index in [9.17, 15) is 4.79 Å². The van der Waals surface area contributed by atoms with Gasteiger partial charge in [0.15, 0.2) is 0 Å². The monoisotopic (exact) mass is 280 g/mol. The van der Waals surface area contributed by atoms with E-state index in [1.807, 2.05) is 24.0 Å². The van der Waals surface area contributed by atoms with E-state index in [2.05, 4.69) is 24.3 Å². The molecule has 2 heterocycles. The normalized spacial score (nSPS) is 16.5. The highest BCUT2D eigenvalue weighted by Crippen LogP contribution is 2.17. The number of carbonyl (C=O) groups excluding carboxylic acids is 1. The third-order valence-corrected chi connectivity index (χ3v) is 3.52. The first-order chi connectivity index (χ1) is 9.60. The van der Waals surface area contributed by atoms with Crippen molar-refractivity contribution in [2.75, 3.05) is 25.0 Å². The lowest BCUT2D eigenvalue weighted by Crippen LogP contribution is -2.42. The number of nitrogens with zero attached hydrogens (tertiary/aromatic N) is 3. The maximum atomic E-state index is 11.6. The molecular weight excluding hydrogens is 256 g/mol. The second kappa shape index (κ2) is 6.63. The molecule has 2 rings (SSSR count). The molecule has 0 atom stereocenters. The summed E-state index contributed by atoms with van der Waals surface area (Å²) in [5, 5.41) is 7.80. The van der Waals surface area contributed by atoms with E-state index in [1.165, 1.54) is 0 Å². The number of rotatable bonds is 4. The first kappa shape index (κ1) is 14.7. The summed E-state index contributed by atoms with van der Waals surface area (Å²) in [5.74, 6) is 0. The van der Waals surface area contributed by atoms with Gasteiger partial charge in [-0.15, -0.1) is 0 Å². The van der Waals surface area contributed by atoms with Gasteiger partial charge in [-0.3, -0.25) is 4.68 Å². The molecule has 0 unspecified atom stereocenters. The molecule has 0 spiro atoms. The lowest BCUT2D eigenvalue weighted by molar-refractivity contribution is 0.0983. The van der Waals surface area contributed by atoms with Crippen LogP contribution in [-0.4, -0.2) is 46.5 Å². The first-order valence-electron chi connectivity index (χ1n) is 7.32. The van der Waals surface area contributed by atoms with Gasteiger partial charge < -0.3 is 15.0 Å². The molecule has 6 nitrogen and oxygen atoms in total. The Labute approximate surface area is 120 Å². The van der Waals surface area contributed by atoms with Gasteiger partial charge in [-0.05, 0) is 33.6 Å². The van der Waals surface area contributed by atoms with Crippen molar-refractivity contribution in [1.29, 1.82) is 0 Å².